The van der Waals surface area contributed by atoms with Crippen molar-refractivity contribution in [1.82, 2.24) is 5.32 Å². The average Bonchev–Trinajstić information content (AvgIpc) is 2.85. The van der Waals surface area contributed by atoms with Crippen LogP contribution in [0.2, 0.25) is 0 Å². The number of carbonyl (C=O) groups is 1. The molecule has 15 heavy (non-hydrogen) atoms. The summed E-state index contributed by atoms with van der Waals surface area (Å²) in [4.78, 5) is 11.8. The summed E-state index contributed by atoms with van der Waals surface area (Å²) >= 11 is 3.41. The third kappa shape index (κ3) is 2.25. The van der Waals surface area contributed by atoms with Crippen LogP contribution >= 0.6 is 15.9 Å². The molecule has 0 bridgehead atoms. The molecule has 0 unspecified atom stereocenters. The van der Waals surface area contributed by atoms with Crippen molar-refractivity contribution in [2.45, 2.75) is 31.7 Å². The number of carbonyl (C=O) groups excluding carboxylic acids is 1. The number of nitrogens with one attached hydrogen (secondary N) is 1. The molecular formula is C11H14BrNO2. The number of aryl methyl sites for hydroxylation is 1. The summed E-state index contributed by atoms with van der Waals surface area (Å²) < 4.78 is 5.39. The van der Waals surface area contributed by atoms with Crippen molar-refractivity contribution >= 4 is 21.8 Å². The zero-order valence-electron chi connectivity index (χ0n) is 8.68. The summed E-state index contributed by atoms with van der Waals surface area (Å²) in [5.74, 6) is 1.16. The van der Waals surface area contributed by atoms with Crippen LogP contribution in [0, 0.1) is 0 Å². The first kappa shape index (κ1) is 10.7. The molecular weight excluding hydrogens is 258 g/mol. The van der Waals surface area contributed by atoms with Gasteiger partial charge in [-0.1, -0.05) is 22.9 Å². The van der Waals surface area contributed by atoms with Crippen LogP contribution in [-0.4, -0.2) is 16.8 Å². The quantitative estimate of drug-likeness (QED) is 0.856. The minimum atomic E-state index is -0.105. The Bertz CT molecular complexity index is 368. The SMILES string of the molecule is CCc1ccc(C(=O)NC2(CBr)CC2)o1. The third-order valence-electron chi connectivity index (χ3n) is 2.72. The predicted octanol–water partition coefficient (Wildman–Crippen LogP) is 2.50. The van der Waals surface area contributed by atoms with Crippen LogP contribution in [0.3, 0.4) is 0 Å². The van der Waals surface area contributed by atoms with Gasteiger partial charge in [-0.2, -0.15) is 0 Å². The van der Waals surface area contributed by atoms with Crippen molar-refractivity contribution in [2.24, 2.45) is 0 Å². The maximum absolute atomic E-state index is 11.8. The Morgan fingerprint density at radius 2 is 2.33 bits per heavy atom. The number of rotatable bonds is 4. The summed E-state index contributed by atoms with van der Waals surface area (Å²) in [6.07, 6.45) is 2.91. The van der Waals surface area contributed by atoms with E-state index < -0.39 is 0 Å². The standard InChI is InChI=1S/C11H14BrNO2/c1-2-8-3-4-9(15-8)10(14)13-11(7-12)5-6-11/h3-4H,2,5-7H2,1H3,(H,13,14). The molecule has 1 N–H and O–H groups in total. The van der Waals surface area contributed by atoms with Crippen molar-refractivity contribution in [1.29, 1.82) is 0 Å². The van der Waals surface area contributed by atoms with E-state index in [4.69, 9.17) is 4.42 Å². The molecule has 1 aromatic heterocycles. The molecule has 1 saturated carbocycles. The second-order valence-electron chi connectivity index (χ2n) is 3.99. The van der Waals surface area contributed by atoms with Crippen molar-refractivity contribution in [3.63, 3.8) is 0 Å². The largest absolute Gasteiger partial charge is 0.456 e. The first-order chi connectivity index (χ1) is 7.19. The Morgan fingerprint density at radius 3 is 2.80 bits per heavy atom. The van der Waals surface area contributed by atoms with Crippen LogP contribution in [0.15, 0.2) is 16.5 Å². The summed E-state index contributed by atoms with van der Waals surface area (Å²) in [5, 5.41) is 3.80. The topological polar surface area (TPSA) is 42.2 Å². The molecule has 2 rings (SSSR count). The molecule has 0 aliphatic heterocycles. The highest BCUT2D eigenvalue weighted by Gasteiger charge is 2.43. The van der Waals surface area contributed by atoms with Crippen LogP contribution in [0.4, 0.5) is 0 Å². The van der Waals surface area contributed by atoms with Crippen LogP contribution in [-0.2, 0) is 6.42 Å². The van der Waals surface area contributed by atoms with E-state index >= 15 is 0 Å². The van der Waals surface area contributed by atoms with Gasteiger partial charge in [0, 0.05) is 11.8 Å². The van der Waals surface area contributed by atoms with E-state index in [9.17, 15) is 4.79 Å². The van der Waals surface area contributed by atoms with E-state index in [-0.39, 0.29) is 11.4 Å². The van der Waals surface area contributed by atoms with Gasteiger partial charge in [0.25, 0.3) is 5.91 Å². The molecule has 0 radical (unpaired) electrons. The zero-order chi connectivity index (χ0) is 10.9. The molecule has 0 aromatic carbocycles. The highest BCUT2D eigenvalue weighted by molar-refractivity contribution is 9.09. The van der Waals surface area contributed by atoms with Gasteiger partial charge in [-0.3, -0.25) is 4.79 Å². The normalized spacial score (nSPS) is 17.5. The monoisotopic (exact) mass is 271 g/mol. The Morgan fingerprint density at radius 1 is 1.60 bits per heavy atom. The first-order valence-electron chi connectivity index (χ1n) is 5.16. The molecule has 3 nitrogen and oxygen atoms in total. The van der Waals surface area contributed by atoms with E-state index in [1.54, 1.807) is 6.07 Å². The highest BCUT2D eigenvalue weighted by atomic mass is 79.9. The lowest BCUT2D eigenvalue weighted by Gasteiger charge is -2.12. The predicted molar refractivity (Wildman–Crippen MR) is 61.3 cm³/mol. The molecule has 82 valence electrons. The molecule has 0 spiro atoms. The minimum Gasteiger partial charge on any atom is -0.456 e. The highest BCUT2D eigenvalue weighted by Crippen LogP contribution is 2.37. The van der Waals surface area contributed by atoms with Crippen molar-refractivity contribution in [3.05, 3.63) is 23.7 Å². The average molecular weight is 272 g/mol. The Labute approximate surface area is 97.4 Å². The first-order valence-corrected chi connectivity index (χ1v) is 6.28. The lowest BCUT2D eigenvalue weighted by atomic mass is 10.3. The number of hydrogen-bond acceptors (Lipinski definition) is 2. The number of halogens is 1. The Hall–Kier alpha value is -0.770. The van der Waals surface area contributed by atoms with Gasteiger partial charge in [-0.25, -0.2) is 0 Å². The molecule has 1 heterocycles. The van der Waals surface area contributed by atoms with Crippen molar-refractivity contribution in [2.75, 3.05) is 5.33 Å². The zero-order valence-corrected chi connectivity index (χ0v) is 10.3. The fourth-order valence-electron chi connectivity index (χ4n) is 1.44. The third-order valence-corrected chi connectivity index (χ3v) is 3.80. The van der Waals surface area contributed by atoms with Crippen LogP contribution in [0.1, 0.15) is 36.1 Å². The van der Waals surface area contributed by atoms with Gasteiger partial charge in [0.15, 0.2) is 5.76 Å². The molecule has 1 fully saturated rings. The summed E-state index contributed by atoms with van der Waals surface area (Å²) in [7, 11) is 0. The molecule has 1 aromatic rings. The van der Waals surface area contributed by atoms with Gasteiger partial charge in [0.05, 0.1) is 5.54 Å². The van der Waals surface area contributed by atoms with Gasteiger partial charge in [0.1, 0.15) is 5.76 Å². The number of hydrogen-bond donors (Lipinski definition) is 1. The summed E-state index contributed by atoms with van der Waals surface area (Å²) in [5.41, 5.74) is -0.0176. The summed E-state index contributed by atoms with van der Waals surface area (Å²) in [6, 6.07) is 3.58. The van der Waals surface area contributed by atoms with E-state index in [1.165, 1.54) is 0 Å². The van der Waals surface area contributed by atoms with Gasteiger partial charge in [-0.05, 0) is 25.0 Å². The van der Waals surface area contributed by atoms with Crippen molar-refractivity contribution in [3.8, 4) is 0 Å². The molecule has 1 aliphatic rings. The van der Waals surface area contributed by atoms with E-state index in [1.807, 2.05) is 13.0 Å². The Balaban J connectivity index is 2.01. The second kappa shape index (κ2) is 4.00. The number of furan rings is 1. The van der Waals surface area contributed by atoms with Crippen LogP contribution in [0.5, 0.6) is 0 Å². The smallest absolute Gasteiger partial charge is 0.287 e. The molecule has 1 aliphatic carbocycles. The van der Waals surface area contributed by atoms with Crippen LogP contribution in [0.25, 0.3) is 0 Å². The molecule has 4 heteroatoms. The molecule has 0 saturated heterocycles. The molecule has 1 amide bonds. The van der Waals surface area contributed by atoms with Gasteiger partial charge in [-0.15, -0.1) is 0 Å². The van der Waals surface area contributed by atoms with Gasteiger partial charge >= 0.3 is 0 Å². The second-order valence-corrected chi connectivity index (χ2v) is 4.55. The van der Waals surface area contributed by atoms with Crippen LogP contribution < -0.4 is 5.32 Å². The van der Waals surface area contributed by atoms with E-state index in [2.05, 4.69) is 21.2 Å². The fraction of sp³-hybridized carbons (Fsp3) is 0.545. The van der Waals surface area contributed by atoms with E-state index in [0.717, 1.165) is 30.4 Å². The number of amides is 1. The lowest BCUT2D eigenvalue weighted by molar-refractivity contribution is 0.0906. The fourth-order valence-corrected chi connectivity index (χ4v) is 2.14. The maximum Gasteiger partial charge on any atom is 0.287 e. The van der Waals surface area contributed by atoms with Gasteiger partial charge in [0.2, 0.25) is 0 Å². The molecule has 0 atom stereocenters. The lowest BCUT2D eigenvalue weighted by Crippen LogP contribution is -2.37. The van der Waals surface area contributed by atoms with Gasteiger partial charge < -0.3 is 9.73 Å². The number of alkyl halides is 1. The van der Waals surface area contributed by atoms with E-state index in [0.29, 0.717) is 5.76 Å². The Kier molecular flexibility index (Phi) is 2.87. The summed E-state index contributed by atoms with van der Waals surface area (Å²) in [6.45, 7) is 2.00. The maximum atomic E-state index is 11.8. The van der Waals surface area contributed by atoms with Crippen molar-refractivity contribution < 1.29 is 9.21 Å². The minimum absolute atomic E-state index is 0.0176.